The molecule has 1 aromatic heterocycles. The molecule has 2 rings (SSSR count). The van der Waals surface area contributed by atoms with Gasteiger partial charge < -0.3 is 14.0 Å². The molecule has 0 aliphatic heterocycles. The second-order valence-electron chi connectivity index (χ2n) is 4.20. The number of carbonyl (C=O) groups is 1. The predicted molar refractivity (Wildman–Crippen MR) is 77.1 cm³/mol. The van der Waals surface area contributed by atoms with Crippen LogP contribution < -0.4 is 4.74 Å². The number of aryl methyl sites for hydroxylation is 1. The summed E-state index contributed by atoms with van der Waals surface area (Å²) in [5.41, 5.74) is 1.67. The molecule has 108 valence electrons. The van der Waals surface area contributed by atoms with Crippen molar-refractivity contribution in [1.29, 1.82) is 0 Å². The summed E-state index contributed by atoms with van der Waals surface area (Å²) < 4.78 is 12.2. The second kappa shape index (κ2) is 6.61. The molecule has 20 heavy (non-hydrogen) atoms. The fourth-order valence-electron chi connectivity index (χ4n) is 2.12. The lowest BCUT2D eigenvalue weighted by Crippen LogP contribution is -2.10. The van der Waals surface area contributed by atoms with E-state index in [1.165, 1.54) is 0 Å². The fourth-order valence-corrected chi connectivity index (χ4v) is 2.33. The van der Waals surface area contributed by atoms with E-state index in [1.54, 1.807) is 14.0 Å². The van der Waals surface area contributed by atoms with Crippen molar-refractivity contribution < 1.29 is 14.3 Å². The number of hydrogen-bond acceptors (Lipinski definition) is 4. The lowest BCUT2D eigenvalue weighted by atomic mass is 10.3. The van der Waals surface area contributed by atoms with Gasteiger partial charge in [0.25, 0.3) is 0 Å². The van der Waals surface area contributed by atoms with E-state index in [9.17, 15) is 4.79 Å². The molecular weight excluding hydrogens is 280 g/mol. The molecule has 5 nitrogen and oxygen atoms in total. The Morgan fingerprint density at radius 2 is 2.25 bits per heavy atom. The number of ether oxygens (including phenoxy) is 2. The molecule has 0 saturated heterocycles. The van der Waals surface area contributed by atoms with Gasteiger partial charge in [0.2, 0.25) is 0 Å². The van der Waals surface area contributed by atoms with Crippen LogP contribution in [0.1, 0.15) is 19.2 Å². The standard InChI is InChI=1S/C14H17ClN2O3/c1-3-20-13(18)7-8-17-10-5-4-6-11(19-2)14(10)16-12(17)9-15/h4-6H,3,7-9H2,1-2H3. The topological polar surface area (TPSA) is 53.4 Å². The maximum absolute atomic E-state index is 11.5. The minimum atomic E-state index is -0.224. The number of para-hydroxylation sites is 1. The number of alkyl halides is 1. The maximum Gasteiger partial charge on any atom is 0.307 e. The number of fused-ring (bicyclic) bond motifs is 1. The van der Waals surface area contributed by atoms with Crippen LogP contribution in [0.25, 0.3) is 11.0 Å². The number of carbonyl (C=O) groups excluding carboxylic acids is 1. The van der Waals surface area contributed by atoms with Crippen LogP contribution in [0.15, 0.2) is 18.2 Å². The zero-order valence-electron chi connectivity index (χ0n) is 11.6. The van der Waals surface area contributed by atoms with Gasteiger partial charge >= 0.3 is 5.97 Å². The normalized spacial score (nSPS) is 10.8. The number of nitrogens with zero attached hydrogens (tertiary/aromatic N) is 2. The first-order valence-corrected chi connectivity index (χ1v) is 6.98. The molecule has 0 atom stereocenters. The van der Waals surface area contributed by atoms with Crippen LogP contribution in [-0.2, 0) is 22.0 Å². The highest BCUT2D eigenvalue weighted by atomic mass is 35.5. The molecule has 0 bridgehead atoms. The van der Waals surface area contributed by atoms with E-state index in [0.29, 0.717) is 25.3 Å². The molecular formula is C14H17ClN2O3. The number of imidazole rings is 1. The summed E-state index contributed by atoms with van der Waals surface area (Å²) in [5, 5.41) is 0. The highest BCUT2D eigenvalue weighted by Gasteiger charge is 2.14. The Balaban J connectivity index is 2.33. The van der Waals surface area contributed by atoms with Crippen molar-refractivity contribution in [1.82, 2.24) is 9.55 Å². The highest BCUT2D eigenvalue weighted by Crippen LogP contribution is 2.26. The lowest BCUT2D eigenvalue weighted by Gasteiger charge is -2.07. The van der Waals surface area contributed by atoms with Crippen LogP contribution in [0, 0.1) is 0 Å². The van der Waals surface area contributed by atoms with Crippen LogP contribution >= 0.6 is 11.6 Å². The molecule has 0 spiro atoms. The van der Waals surface area contributed by atoms with Gasteiger partial charge in [-0.3, -0.25) is 4.79 Å². The predicted octanol–water partition coefficient (Wildman–Crippen LogP) is 2.74. The maximum atomic E-state index is 11.5. The number of halogens is 1. The Morgan fingerprint density at radius 1 is 1.45 bits per heavy atom. The number of aromatic nitrogens is 2. The Labute approximate surface area is 122 Å². The van der Waals surface area contributed by atoms with Crippen LogP contribution in [-0.4, -0.2) is 29.2 Å². The molecule has 0 saturated carbocycles. The molecule has 0 unspecified atom stereocenters. The summed E-state index contributed by atoms with van der Waals surface area (Å²) in [5.74, 6) is 1.47. The van der Waals surface area contributed by atoms with Crippen LogP contribution in [0.5, 0.6) is 5.75 Å². The lowest BCUT2D eigenvalue weighted by molar-refractivity contribution is -0.143. The van der Waals surface area contributed by atoms with Gasteiger partial charge in [-0.25, -0.2) is 4.98 Å². The van der Waals surface area contributed by atoms with Crippen molar-refractivity contribution in [2.75, 3.05) is 13.7 Å². The molecule has 2 aromatic rings. The molecule has 0 aliphatic carbocycles. The Bertz CT molecular complexity index is 610. The van der Waals surface area contributed by atoms with Crippen molar-refractivity contribution in [3.63, 3.8) is 0 Å². The second-order valence-corrected chi connectivity index (χ2v) is 4.46. The summed E-state index contributed by atoms with van der Waals surface area (Å²) in [6.45, 7) is 2.67. The van der Waals surface area contributed by atoms with E-state index in [0.717, 1.165) is 16.9 Å². The molecule has 6 heteroatoms. The average molecular weight is 297 g/mol. The summed E-state index contributed by atoms with van der Waals surface area (Å²) in [4.78, 5) is 16.0. The summed E-state index contributed by atoms with van der Waals surface area (Å²) >= 11 is 5.94. The van der Waals surface area contributed by atoms with Gasteiger partial charge in [-0.15, -0.1) is 11.6 Å². The zero-order valence-corrected chi connectivity index (χ0v) is 12.3. The minimum absolute atomic E-state index is 0.224. The Kier molecular flexibility index (Phi) is 4.84. The number of rotatable bonds is 6. The summed E-state index contributed by atoms with van der Waals surface area (Å²) in [6, 6.07) is 5.68. The van der Waals surface area contributed by atoms with Crippen molar-refractivity contribution in [3.8, 4) is 5.75 Å². The van der Waals surface area contributed by atoms with Gasteiger partial charge in [0, 0.05) is 6.54 Å². The molecule has 0 aliphatic rings. The van der Waals surface area contributed by atoms with E-state index in [-0.39, 0.29) is 11.8 Å². The van der Waals surface area contributed by atoms with Gasteiger partial charge in [-0.2, -0.15) is 0 Å². The zero-order chi connectivity index (χ0) is 14.5. The number of esters is 1. The van der Waals surface area contributed by atoms with Crippen LogP contribution in [0.4, 0.5) is 0 Å². The molecule has 0 radical (unpaired) electrons. The van der Waals surface area contributed by atoms with E-state index >= 15 is 0 Å². The van der Waals surface area contributed by atoms with E-state index < -0.39 is 0 Å². The minimum Gasteiger partial charge on any atom is -0.494 e. The third kappa shape index (κ3) is 2.88. The summed E-state index contributed by atoms with van der Waals surface area (Å²) in [7, 11) is 1.60. The smallest absolute Gasteiger partial charge is 0.307 e. The van der Waals surface area contributed by atoms with E-state index in [2.05, 4.69) is 4.98 Å². The van der Waals surface area contributed by atoms with Crippen LogP contribution in [0.3, 0.4) is 0 Å². The van der Waals surface area contributed by atoms with Crippen molar-refractivity contribution >= 4 is 28.6 Å². The van der Waals surface area contributed by atoms with Gasteiger partial charge in [-0.05, 0) is 19.1 Å². The first-order valence-electron chi connectivity index (χ1n) is 6.45. The monoisotopic (exact) mass is 296 g/mol. The Hall–Kier alpha value is -1.75. The quantitative estimate of drug-likeness (QED) is 0.607. The third-order valence-electron chi connectivity index (χ3n) is 3.01. The van der Waals surface area contributed by atoms with Gasteiger partial charge in [-0.1, -0.05) is 6.07 Å². The van der Waals surface area contributed by atoms with Crippen molar-refractivity contribution in [2.45, 2.75) is 25.8 Å². The van der Waals surface area contributed by atoms with E-state index in [1.807, 2.05) is 22.8 Å². The van der Waals surface area contributed by atoms with Gasteiger partial charge in [0.15, 0.2) is 0 Å². The van der Waals surface area contributed by atoms with Gasteiger partial charge in [0.1, 0.15) is 17.1 Å². The Morgan fingerprint density at radius 3 is 2.90 bits per heavy atom. The molecule has 1 heterocycles. The largest absolute Gasteiger partial charge is 0.494 e. The first kappa shape index (κ1) is 14.7. The average Bonchev–Trinajstić information content (AvgIpc) is 2.83. The summed E-state index contributed by atoms with van der Waals surface area (Å²) in [6.07, 6.45) is 0.292. The van der Waals surface area contributed by atoms with Crippen molar-refractivity contribution in [2.24, 2.45) is 0 Å². The molecule has 0 amide bonds. The number of benzene rings is 1. The third-order valence-corrected chi connectivity index (χ3v) is 3.24. The van der Waals surface area contributed by atoms with Crippen molar-refractivity contribution in [3.05, 3.63) is 24.0 Å². The molecule has 0 N–H and O–H groups in total. The molecule has 0 fully saturated rings. The van der Waals surface area contributed by atoms with Gasteiger partial charge in [0.05, 0.1) is 31.5 Å². The first-order chi connectivity index (χ1) is 9.71. The highest BCUT2D eigenvalue weighted by molar-refractivity contribution is 6.16. The van der Waals surface area contributed by atoms with Crippen LogP contribution in [0.2, 0.25) is 0 Å². The van der Waals surface area contributed by atoms with E-state index in [4.69, 9.17) is 21.1 Å². The molecule has 1 aromatic carbocycles. The number of methoxy groups -OCH3 is 1. The fraction of sp³-hybridized carbons (Fsp3) is 0.429. The SMILES string of the molecule is CCOC(=O)CCn1c(CCl)nc2c(OC)cccc21. The number of hydrogen-bond donors (Lipinski definition) is 0.